The molecule has 0 atom stereocenters. The number of hydrogen-bond acceptors (Lipinski definition) is 4. The van der Waals surface area contributed by atoms with Gasteiger partial charge in [-0.15, -0.1) is 0 Å². The van der Waals surface area contributed by atoms with E-state index in [1.807, 2.05) is 18.2 Å². The lowest BCUT2D eigenvalue weighted by Gasteiger charge is -2.44. The number of pyridine rings is 1. The van der Waals surface area contributed by atoms with Crippen molar-refractivity contribution >= 4 is 15.9 Å². The standard InChI is InChI=1S/C18H27N3O3S/c1-25(23,24)21(12-16-8-4-5-11-19-16)17-13-20(14-17)18(22)10-9-15-6-2-3-7-15/h4-5,8,11,15,17H,2-3,6-7,9-10,12-14H2,1H3. The minimum atomic E-state index is -3.34. The molecular formula is C18H27N3O3S. The van der Waals surface area contributed by atoms with Crippen LogP contribution in [0.4, 0.5) is 0 Å². The second kappa shape index (κ2) is 7.83. The predicted molar refractivity (Wildman–Crippen MR) is 96.2 cm³/mol. The summed E-state index contributed by atoms with van der Waals surface area (Å²) in [4.78, 5) is 18.3. The van der Waals surface area contributed by atoms with Crippen molar-refractivity contribution in [3.8, 4) is 0 Å². The van der Waals surface area contributed by atoms with Crippen LogP contribution in [0.3, 0.4) is 0 Å². The molecule has 0 N–H and O–H groups in total. The first-order valence-corrected chi connectivity index (χ1v) is 10.9. The maximum atomic E-state index is 12.3. The molecule has 1 aromatic heterocycles. The summed E-state index contributed by atoms with van der Waals surface area (Å²) < 4.78 is 25.8. The van der Waals surface area contributed by atoms with Crippen LogP contribution < -0.4 is 0 Å². The minimum absolute atomic E-state index is 0.146. The molecular weight excluding hydrogens is 338 g/mol. The van der Waals surface area contributed by atoms with Crippen LogP contribution in [0.15, 0.2) is 24.4 Å². The van der Waals surface area contributed by atoms with E-state index >= 15 is 0 Å². The van der Waals surface area contributed by atoms with Gasteiger partial charge in [0.15, 0.2) is 0 Å². The van der Waals surface area contributed by atoms with E-state index in [0.717, 1.165) is 12.1 Å². The Bertz CT molecular complexity index is 681. The normalized spacial score (nSPS) is 19.4. The Morgan fingerprint density at radius 1 is 1.28 bits per heavy atom. The fourth-order valence-corrected chi connectivity index (χ4v) is 4.84. The maximum Gasteiger partial charge on any atom is 0.222 e. The first-order chi connectivity index (χ1) is 11.9. The molecule has 0 bridgehead atoms. The van der Waals surface area contributed by atoms with Crippen molar-refractivity contribution in [1.82, 2.24) is 14.2 Å². The number of hydrogen-bond donors (Lipinski definition) is 0. The molecule has 1 aromatic rings. The fourth-order valence-electron chi connectivity index (χ4n) is 3.79. The van der Waals surface area contributed by atoms with Crippen molar-refractivity contribution < 1.29 is 13.2 Å². The average Bonchev–Trinajstić information content (AvgIpc) is 3.04. The average molecular weight is 365 g/mol. The van der Waals surface area contributed by atoms with Crippen LogP contribution in [0, 0.1) is 5.92 Å². The molecule has 7 heteroatoms. The van der Waals surface area contributed by atoms with Crippen molar-refractivity contribution in [2.75, 3.05) is 19.3 Å². The third-order valence-electron chi connectivity index (χ3n) is 5.33. The first-order valence-electron chi connectivity index (χ1n) is 9.08. The second-order valence-electron chi connectivity index (χ2n) is 7.27. The number of nitrogens with zero attached hydrogens (tertiary/aromatic N) is 3. The molecule has 3 rings (SSSR count). The molecule has 0 aromatic carbocycles. The van der Waals surface area contributed by atoms with Gasteiger partial charge in [-0.1, -0.05) is 31.7 Å². The lowest BCUT2D eigenvalue weighted by atomic mass is 10.00. The molecule has 1 aliphatic heterocycles. The van der Waals surface area contributed by atoms with Crippen LogP contribution in [-0.2, 0) is 21.4 Å². The Balaban J connectivity index is 1.52. The molecule has 1 aliphatic carbocycles. The number of likely N-dealkylation sites (tertiary alicyclic amines) is 1. The van der Waals surface area contributed by atoms with Gasteiger partial charge >= 0.3 is 0 Å². The van der Waals surface area contributed by atoms with E-state index in [-0.39, 0.29) is 18.5 Å². The third-order valence-corrected chi connectivity index (χ3v) is 6.61. The van der Waals surface area contributed by atoms with Crippen LogP contribution in [0.25, 0.3) is 0 Å². The van der Waals surface area contributed by atoms with E-state index in [1.54, 1.807) is 11.1 Å². The maximum absolute atomic E-state index is 12.3. The quantitative estimate of drug-likeness (QED) is 0.741. The fraction of sp³-hybridized carbons (Fsp3) is 0.667. The van der Waals surface area contributed by atoms with Crippen molar-refractivity contribution in [3.63, 3.8) is 0 Å². The summed E-state index contributed by atoms with van der Waals surface area (Å²) in [7, 11) is -3.34. The highest BCUT2D eigenvalue weighted by Crippen LogP contribution is 2.29. The van der Waals surface area contributed by atoms with Gasteiger partial charge in [0.05, 0.1) is 24.5 Å². The first kappa shape index (κ1) is 18.3. The lowest BCUT2D eigenvalue weighted by Crippen LogP contribution is -2.61. The molecule has 1 amide bonds. The highest BCUT2D eigenvalue weighted by molar-refractivity contribution is 7.88. The summed E-state index contributed by atoms with van der Waals surface area (Å²) in [6, 6.07) is 5.33. The zero-order chi connectivity index (χ0) is 17.9. The second-order valence-corrected chi connectivity index (χ2v) is 9.21. The van der Waals surface area contributed by atoms with E-state index in [4.69, 9.17) is 0 Å². The van der Waals surface area contributed by atoms with Crippen LogP contribution >= 0.6 is 0 Å². The number of amides is 1. The monoisotopic (exact) mass is 365 g/mol. The summed E-state index contributed by atoms with van der Waals surface area (Å²) in [6.07, 6.45) is 9.54. The number of carbonyl (C=O) groups excluding carboxylic acids is 1. The van der Waals surface area contributed by atoms with Crippen molar-refractivity contribution in [3.05, 3.63) is 30.1 Å². The summed E-state index contributed by atoms with van der Waals surface area (Å²) in [6.45, 7) is 1.24. The van der Waals surface area contributed by atoms with Gasteiger partial charge in [0.2, 0.25) is 15.9 Å². The summed E-state index contributed by atoms with van der Waals surface area (Å²) >= 11 is 0. The van der Waals surface area contributed by atoms with Gasteiger partial charge in [-0.2, -0.15) is 4.31 Å². The van der Waals surface area contributed by atoms with Gasteiger partial charge in [-0.05, 0) is 24.5 Å². The summed E-state index contributed by atoms with van der Waals surface area (Å²) in [5, 5.41) is 0. The smallest absolute Gasteiger partial charge is 0.222 e. The Kier molecular flexibility index (Phi) is 5.74. The molecule has 0 radical (unpaired) electrons. The van der Waals surface area contributed by atoms with E-state index in [2.05, 4.69) is 4.98 Å². The zero-order valence-electron chi connectivity index (χ0n) is 14.8. The molecule has 138 valence electrons. The zero-order valence-corrected chi connectivity index (χ0v) is 15.6. The van der Waals surface area contributed by atoms with E-state index < -0.39 is 10.0 Å². The molecule has 2 aliphatic rings. The Morgan fingerprint density at radius 2 is 2.00 bits per heavy atom. The number of carbonyl (C=O) groups is 1. The Labute approximate surface area is 150 Å². The number of sulfonamides is 1. The molecule has 6 nitrogen and oxygen atoms in total. The largest absolute Gasteiger partial charge is 0.339 e. The van der Waals surface area contributed by atoms with Crippen molar-refractivity contribution in [1.29, 1.82) is 0 Å². The molecule has 2 fully saturated rings. The number of rotatable bonds is 7. The van der Waals surface area contributed by atoms with Gasteiger partial charge in [-0.3, -0.25) is 9.78 Å². The molecule has 0 unspecified atom stereocenters. The Morgan fingerprint density at radius 3 is 2.60 bits per heavy atom. The highest BCUT2D eigenvalue weighted by atomic mass is 32.2. The predicted octanol–water partition coefficient (Wildman–Crippen LogP) is 2.02. The van der Waals surface area contributed by atoms with Crippen LogP contribution in [0.1, 0.15) is 44.2 Å². The molecule has 2 heterocycles. The van der Waals surface area contributed by atoms with Gasteiger partial charge in [-0.25, -0.2) is 8.42 Å². The Hall–Kier alpha value is -1.47. The minimum Gasteiger partial charge on any atom is -0.339 e. The van der Waals surface area contributed by atoms with E-state index in [0.29, 0.717) is 25.4 Å². The highest BCUT2D eigenvalue weighted by Gasteiger charge is 2.38. The molecule has 1 saturated carbocycles. The van der Waals surface area contributed by atoms with Gasteiger partial charge in [0, 0.05) is 25.7 Å². The van der Waals surface area contributed by atoms with Crippen LogP contribution in [0.2, 0.25) is 0 Å². The topological polar surface area (TPSA) is 70.6 Å². The van der Waals surface area contributed by atoms with Crippen LogP contribution in [0.5, 0.6) is 0 Å². The van der Waals surface area contributed by atoms with Gasteiger partial charge in [0.25, 0.3) is 0 Å². The van der Waals surface area contributed by atoms with Crippen LogP contribution in [-0.4, -0.2) is 53.9 Å². The summed E-state index contributed by atoms with van der Waals surface area (Å²) in [5.74, 6) is 0.868. The van der Waals surface area contributed by atoms with Crippen molar-refractivity contribution in [2.24, 2.45) is 5.92 Å². The third kappa shape index (κ3) is 4.79. The van der Waals surface area contributed by atoms with E-state index in [1.165, 1.54) is 36.2 Å². The van der Waals surface area contributed by atoms with E-state index in [9.17, 15) is 13.2 Å². The number of aromatic nitrogens is 1. The summed E-state index contributed by atoms with van der Waals surface area (Å²) in [5.41, 5.74) is 0.721. The molecule has 25 heavy (non-hydrogen) atoms. The SMILES string of the molecule is CS(=O)(=O)N(Cc1ccccn1)C1CN(C(=O)CCC2CCCC2)C1. The molecule has 0 spiro atoms. The lowest BCUT2D eigenvalue weighted by molar-refractivity contribution is -0.137. The molecule has 1 saturated heterocycles. The van der Waals surface area contributed by atoms with Crippen molar-refractivity contribution in [2.45, 2.75) is 51.1 Å². The van der Waals surface area contributed by atoms with Gasteiger partial charge < -0.3 is 4.90 Å². The van der Waals surface area contributed by atoms with Gasteiger partial charge in [0.1, 0.15) is 0 Å².